The van der Waals surface area contributed by atoms with Gasteiger partial charge < -0.3 is 5.11 Å². The maximum absolute atomic E-state index is 9.45. The van der Waals surface area contributed by atoms with E-state index in [1.165, 1.54) is 60.9 Å². The molecule has 1 aliphatic heterocycles. The highest BCUT2D eigenvalue weighted by Crippen LogP contribution is 2.32. The molecule has 1 saturated heterocycles. The van der Waals surface area contributed by atoms with Gasteiger partial charge in [-0.1, -0.05) is 30.3 Å². The van der Waals surface area contributed by atoms with E-state index in [1.807, 2.05) is 12.1 Å². The first-order chi connectivity index (χ1) is 11.2. The van der Waals surface area contributed by atoms with Gasteiger partial charge >= 0.3 is 0 Å². The van der Waals surface area contributed by atoms with E-state index in [0.717, 1.165) is 12.1 Å². The molecule has 0 aromatic heterocycles. The minimum Gasteiger partial charge on any atom is -0.508 e. The first kappa shape index (κ1) is 14.8. The predicted octanol–water partition coefficient (Wildman–Crippen LogP) is 4.40. The average Bonchev–Trinajstić information content (AvgIpc) is 3.01. The lowest BCUT2D eigenvalue weighted by Gasteiger charge is -2.35. The second kappa shape index (κ2) is 6.01. The normalized spacial score (nSPS) is 24.6. The molecule has 1 aliphatic carbocycles. The maximum atomic E-state index is 9.45. The number of fused-ring (bicyclic) bond motifs is 1. The van der Waals surface area contributed by atoms with Crippen LogP contribution < -0.4 is 0 Å². The Labute approximate surface area is 138 Å². The van der Waals surface area contributed by atoms with Crippen LogP contribution in [0.3, 0.4) is 0 Å². The van der Waals surface area contributed by atoms with Crippen LogP contribution in [0, 0.1) is 0 Å². The molecule has 1 N–H and O–H groups in total. The smallest absolute Gasteiger partial charge is 0.115 e. The van der Waals surface area contributed by atoms with E-state index in [4.69, 9.17) is 0 Å². The lowest BCUT2D eigenvalue weighted by Crippen LogP contribution is -2.41. The van der Waals surface area contributed by atoms with Gasteiger partial charge in [-0.3, -0.25) is 4.90 Å². The van der Waals surface area contributed by atoms with Crippen LogP contribution in [0.2, 0.25) is 0 Å². The second-order valence-corrected chi connectivity index (χ2v) is 7.16. The van der Waals surface area contributed by atoms with E-state index in [-0.39, 0.29) is 0 Å². The van der Waals surface area contributed by atoms with E-state index >= 15 is 0 Å². The molecule has 0 bridgehead atoms. The third-order valence-corrected chi connectivity index (χ3v) is 5.68. The third kappa shape index (κ3) is 2.88. The highest BCUT2D eigenvalue weighted by Gasteiger charge is 2.30. The van der Waals surface area contributed by atoms with Crippen molar-refractivity contribution in [2.45, 2.75) is 51.1 Å². The largest absolute Gasteiger partial charge is 0.508 e. The Kier molecular flexibility index (Phi) is 3.86. The SMILES string of the molecule is CC1CCCN1C1CCc2cc(-c3ccc(O)cc3)ccc2C1. The molecule has 2 unspecified atom stereocenters. The van der Waals surface area contributed by atoms with E-state index < -0.39 is 0 Å². The lowest BCUT2D eigenvalue weighted by molar-refractivity contribution is 0.174. The van der Waals surface area contributed by atoms with Crippen LogP contribution in [0.4, 0.5) is 0 Å². The minimum atomic E-state index is 0.328. The minimum absolute atomic E-state index is 0.328. The van der Waals surface area contributed by atoms with Crippen molar-refractivity contribution in [2.24, 2.45) is 0 Å². The van der Waals surface area contributed by atoms with Crippen molar-refractivity contribution in [1.82, 2.24) is 4.90 Å². The average molecular weight is 307 g/mol. The van der Waals surface area contributed by atoms with Crippen LogP contribution in [0.5, 0.6) is 5.75 Å². The van der Waals surface area contributed by atoms with E-state index in [9.17, 15) is 5.11 Å². The zero-order valence-corrected chi connectivity index (χ0v) is 13.8. The number of benzene rings is 2. The number of aryl methyl sites for hydroxylation is 1. The molecule has 4 rings (SSSR count). The van der Waals surface area contributed by atoms with Crippen molar-refractivity contribution in [2.75, 3.05) is 6.54 Å². The standard InChI is InChI=1S/C21H25NO/c1-15-3-2-12-22(15)20-9-6-18-13-17(4-5-19(18)14-20)16-7-10-21(23)11-8-16/h4-5,7-8,10-11,13,15,20,23H,2-3,6,9,12,14H2,1H3. The Hall–Kier alpha value is -1.80. The molecule has 1 heterocycles. The number of rotatable bonds is 2. The quantitative estimate of drug-likeness (QED) is 0.889. The maximum Gasteiger partial charge on any atom is 0.115 e. The fraction of sp³-hybridized carbons (Fsp3) is 0.429. The van der Waals surface area contributed by atoms with Gasteiger partial charge in [-0.05, 0) is 80.0 Å². The molecule has 23 heavy (non-hydrogen) atoms. The van der Waals surface area contributed by atoms with E-state index in [1.54, 1.807) is 12.1 Å². The number of aromatic hydroxyl groups is 1. The third-order valence-electron chi connectivity index (χ3n) is 5.68. The van der Waals surface area contributed by atoms with Gasteiger partial charge in [0.1, 0.15) is 5.75 Å². The Morgan fingerprint density at radius 3 is 2.48 bits per heavy atom. The van der Waals surface area contributed by atoms with Crippen LogP contribution in [0.15, 0.2) is 42.5 Å². The molecule has 2 aromatic carbocycles. The number of hydrogen-bond donors (Lipinski definition) is 1. The van der Waals surface area contributed by atoms with Crippen molar-refractivity contribution in [3.05, 3.63) is 53.6 Å². The van der Waals surface area contributed by atoms with Gasteiger partial charge in [-0.15, -0.1) is 0 Å². The number of phenolic OH excluding ortho intramolecular Hbond substituents is 1. The highest BCUT2D eigenvalue weighted by molar-refractivity contribution is 5.65. The first-order valence-corrected chi connectivity index (χ1v) is 8.87. The molecule has 2 atom stereocenters. The van der Waals surface area contributed by atoms with Gasteiger partial charge in [0.2, 0.25) is 0 Å². The zero-order chi connectivity index (χ0) is 15.8. The molecule has 1 fully saturated rings. The summed E-state index contributed by atoms with van der Waals surface area (Å²) < 4.78 is 0. The summed E-state index contributed by atoms with van der Waals surface area (Å²) in [7, 11) is 0. The van der Waals surface area contributed by atoms with Crippen LogP contribution in [0.1, 0.15) is 37.3 Å². The summed E-state index contributed by atoms with van der Waals surface area (Å²) in [5, 5.41) is 9.45. The second-order valence-electron chi connectivity index (χ2n) is 7.16. The number of nitrogens with zero attached hydrogens (tertiary/aromatic N) is 1. The molecule has 0 amide bonds. The topological polar surface area (TPSA) is 23.5 Å². The fourth-order valence-corrected chi connectivity index (χ4v) is 4.35. The van der Waals surface area contributed by atoms with Crippen molar-refractivity contribution in [1.29, 1.82) is 0 Å². The number of phenols is 1. The summed E-state index contributed by atoms with van der Waals surface area (Å²) in [4.78, 5) is 2.73. The van der Waals surface area contributed by atoms with Gasteiger partial charge in [0.15, 0.2) is 0 Å². The summed E-state index contributed by atoms with van der Waals surface area (Å²) in [6.45, 7) is 3.67. The van der Waals surface area contributed by atoms with Gasteiger partial charge in [0, 0.05) is 12.1 Å². The van der Waals surface area contributed by atoms with Gasteiger partial charge in [-0.25, -0.2) is 0 Å². The Morgan fingerprint density at radius 1 is 0.957 bits per heavy atom. The Morgan fingerprint density at radius 2 is 1.74 bits per heavy atom. The Balaban J connectivity index is 1.56. The molecule has 2 aliphatic rings. The van der Waals surface area contributed by atoms with E-state index in [2.05, 4.69) is 30.0 Å². The molecule has 2 heteroatoms. The lowest BCUT2D eigenvalue weighted by atomic mass is 9.85. The highest BCUT2D eigenvalue weighted by atomic mass is 16.3. The predicted molar refractivity (Wildman–Crippen MR) is 94.8 cm³/mol. The van der Waals surface area contributed by atoms with Crippen molar-refractivity contribution in [3.63, 3.8) is 0 Å². The van der Waals surface area contributed by atoms with Crippen LogP contribution in [-0.4, -0.2) is 28.6 Å². The van der Waals surface area contributed by atoms with Crippen molar-refractivity contribution in [3.8, 4) is 16.9 Å². The van der Waals surface area contributed by atoms with Gasteiger partial charge in [0.05, 0.1) is 0 Å². The summed E-state index contributed by atoms with van der Waals surface area (Å²) >= 11 is 0. The van der Waals surface area contributed by atoms with Crippen LogP contribution in [0.25, 0.3) is 11.1 Å². The van der Waals surface area contributed by atoms with Crippen molar-refractivity contribution < 1.29 is 5.11 Å². The van der Waals surface area contributed by atoms with Gasteiger partial charge in [-0.2, -0.15) is 0 Å². The molecule has 0 spiro atoms. The summed E-state index contributed by atoms with van der Waals surface area (Å²) in [5.74, 6) is 0.328. The molecular formula is C21H25NO. The van der Waals surface area contributed by atoms with E-state index in [0.29, 0.717) is 5.75 Å². The first-order valence-electron chi connectivity index (χ1n) is 8.87. The number of likely N-dealkylation sites (tertiary alicyclic amines) is 1. The molecule has 2 nitrogen and oxygen atoms in total. The zero-order valence-electron chi connectivity index (χ0n) is 13.8. The molecule has 120 valence electrons. The monoisotopic (exact) mass is 307 g/mol. The Bertz CT molecular complexity index is 691. The van der Waals surface area contributed by atoms with Gasteiger partial charge in [0.25, 0.3) is 0 Å². The number of hydrogen-bond acceptors (Lipinski definition) is 2. The summed E-state index contributed by atoms with van der Waals surface area (Å²) in [6.07, 6.45) is 6.41. The molecule has 2 aromatic rings. The summed E-state index contributed by atoms with van der Waals surface area (Å²) in [5.41, 5.74) is 5.49. The molecular weight excluding hydrogens is 282 g/mol. The summed E-state index contributed by atoms with van der Waals surface area (Å²) in [6, 6.07) is 15.9. The fourth-order valence-electron chi connectivity index (χ4n) is 4.35. The molecule has 0 saturated carbocycles. The van der Waals surface area contributed by atoms with Crippen molar-refractivity contribution >= 4 is 0 Å². The van der Waals surface area contributed by atoms with Crippen LogP contribution in [-0.2, 0) is 12.8 Å². The van der Waals surface area contributed by atoms with Crippen LogP contribution >= 0.6 is 0 Å². The molecule has 0 radical (unpaired) electrons.